The average Bonchev–Trinajstić information content (AvgIpc) is 2.79. The predicted octanol–water partition coefficient (Wildman–Crippen LogP) is 6.18. The van der Waals surface area contributed by atoms with Gasteiger partial charge < -0.3 is 10.2 Å². The summed E-state index contributed by atoms with van der Waals surface area (Å²) in [7, 11) is -4.12. The first-order valence-electron chi connectivity index (χ1n) is 12.0. The standard InChI is InChI=1S/C28H37NO5S/c1-5-6-8-14-22-19-25(30)24(18-17-21(4)13-11-12-20(2)3)27(31)26(22)28(32)29-35(33,34)23-15-9-7-10-16-23/h7,9-10,12,15-17,19,30-31H,5-6,8,11,13-14,18H2,1-4H3,(H,29,32)/b21-17+. The van der Waals surface area contributed by atoms with E-state index in [0.717, 1.165) is 37.7 Å². The number of unbranched alkanes of at least 4 members (excludes halogenated alkanes) is 2. The third-order valence-electron chi connectivity index (χ3n) is 5.77. The van der Waals surface area contributed by atoms with E-state index in [0.29, 0.717) is 12.0 Å². The van der Waals surface area contributed by atoms with Crippen molar-refractivity contribution in [2.24, 2.45) is 0 Å². The number of sulfonamides is 1. The molecule has 0 fully saturated rings. The Morgan fingerprint density at radius 2 is 1.71 bits per heavy atom. The van der Waals surface area contributed by atoms with E-state index in [9.17, 15) is 23.4 Å². The van der Waals surface area contributed by atoms with Crippen LogP contribution in [0.4, 0.5) is 0 Å². The second-order valence-electron chi connectivity index (χ2n) is 9.04. The lowest BCUT2D eigenvalue weighted by Gasteiger charge is -2.16. The van der Waals surface area contributed by atoms with Crippen molar-refractivity contribution in [2.75, 3.05) is 0 Å². The van der Waals surface area contributed by atoms with Crippen LogP contribution >= 0.6 is 0 Å². The predicted molar refractivity (Wildman–Crippen MR) is 140 cm³/mol. The number of carbonyl (C=O) groups is 1. The number of aryl methyl sites for hydroxylation is 1. The monoisotopic (exact) mass is 499 g/mol. The molecule has 0 radical (unpaired) electrons. The van der Waals surface area contributed by atoms with Crippen LogP contribution < -0.4 is 4.72 Å². The van der Waals surface area contributed by atoms with E-state index in [4.69, 9.17) is 0 Å². The van der Waals surface area contributed by atoms with Gasteiger partial charge in [0.1, 0.15) is 11.5 Å². The summed E-state index contributed by atoms with van der Waals surface area (Å²) in [6, 6.07) is 9.07. The van der Waals surface area contributed by atoms with Crippen molar-refractivity contribution < 1.29 is 23.4 Å². The van der Waals surface area contributed by atoms with E-state index in [-0.39, 0.29) is 33.9 Å². The maximum absolute atomic E-state index is 13.2. The van der Waals surface area contributed by atoms with Crippen LogP contribution in [0.3, 0.4) is 0 Å². The normalized spacial score (nSPS) is 11.8. The molecule has 0 spiro atoms. The SMILES string of the molecule is CCCCCc1cc(O)c(C/C=C(\C)CCC=C(C)C)c(O)c1C(=O)NS(=O)(=O)c1ccccc1. The summed E-state index contributed by atoms with van der Waals surface area (Å²) in [5.74, 6) is -1.40. The third-order valence-corrected chi connectivity index (χ3v) is 7.11. The van der Waals surface area contributed by atoms with Gasteiger partial charge in [0.25, 0.3) is 15.9 Å². The fraction of sp³-hybridized carbons (Fsp3) is 0.393. The van der Waals surface area contributed by atoms with Crippen molar-refractivity contribution in [3.05, 3.63) is 76.4 Å². The number of rotatable bonds is 12. The fourth-order valence-electron chi connectivity index (χ4n) is 3.76. The van der Waals surface area contributed by atoms with Crippen molar-refractivity contribution in [1.82, 2.24) is 4.72 Å². The molecule has 0 atom stereocenters. The fourth-order valence-corrected chi connectivity index (χ4v) is 4.74. The highest BCUT2D eigenvalue weighted by molar-refractivity contribution is 7.90. The minimum Gasteiger partial charge on any atom is -0.508 e. The molecule has 2 aromatic carbocycles. The van der Waals surface area contributed by atoms with Crippen LogP contribution in [-0.2, 0) is 22.9 Å². The van der Waals surface area contributed by atoms with Gasteiger partial charge in [-0.15, -0.1) is 0 Å². The van der Waals surface area contributed by atoms with Gasteiger partial charge in [-0.2, -0.15) is 0 Å². The number of allylic oxidation sites excluding steroid dienone is 4. The Morgan fingerprint density at radius 3 is 2.34 bits per heavy atom. The van der Waals surface area contributed by atoms with Gasteiger partial charge in [0.15, 0.2) is 0 Å². The van der Waals surface area contributed by atoms with Crippen molar-refractivity contribution in [1.29, 1.82) is 0 Å². The molecule has 0 unspecified atom stereocenters. The quantitative estimate of drug-likeness (QED) is 0.239. The van der Waals surface area contributed by atoms with E-state index < -0.39 is 15.9 Å². The van der Waals surface area contributed by atoms with Gasteiger partial charge >= 0.3 is 0 Å². The van der Waals surface area contributed by atoms with Gasteiger partial charge in [-0.1, -0.05) is 61.3 Å². The summed E-state index contributed by atoms with van der Waals surface area (Å²) in [6.07, 6.45) is 9.04. The lowest BCUT2D eigenvalue weighted by Crippen LogP contribution is -2.31. The van der Waals surface area contributed by atoms with Crippen molar-refractivity contribution in [3.63, 3.8) is 0 Å². The molecule has 1 amide bonds. The summed E-state index contributed by atoms with van der Waals surface area (Å²) in [4.78, 5) is 13.1. The maximum atomic E-state index is 13.2. The average molecular weight is 500 g/mol. The number of hydrogen-bond donors (Lipinski definition) is 3. The molecule has 3 N–H and O–H groups in total. The summed E-state index contributed by atoms with van der Waals surface area (Å²) in [6.45, 7) is 8.11. The Balaban J connectivity index is 2.41. The zero-order chi connectivity index (χ0) is 26.0. The number of nitrogens with one attached hydrogen (secondary N) is 1. The molecule has 0 aliphatic rings. The van der Waals surface area contributed by atoms with Crippen LogP contribution in [0.5, 0.6) is 11.5 Å². The molecule has 35 heavy (non-hydrogen) atoms. The van der Waals surface area contributed by atoms with Crippen molar-refractivity contribution in [2.45, 2.75) is 77.5 Å². The highest BCUT2D eigenvalue weighted by Crippen LogP contribution is 2.36. The molecule has 0 aliphatic heterocycles. The highest BCUT2D eigenvalue weighted by Gasteiger charge is 2.26. The van der Waals surface area contributed by atoms with Gasteiger partial charge in [-0.25, -0.2) is 13.1 Å². The highest BCUT2D eigenvalue weighted by atomic mass is 32.2. The molecule has 0 saturated carbocycles. The molecular formula is C28H37NO5S. The maximum Gasteiger partial charge on any atom is 0.269 e. The minimum absolute atomic E-state index is 0.0469. The lowest BCUT2D eigenvalue weighted by molar-refractivity contribution is 0.0977. The topological polar surface area (TPSA) is 104 Å². The Kier molecular flexibility index (Phi) is 10.6. The van der Waals surface area contributed by atoms with Gasteiger partial charge in [0.05, 0.1) is 10.5 Å². The summed E-state index contributed by atoms with van der Waals surface area (Å²) < 4.78 is 27.6. The minimum atomic E-state index is -4.12. The van der Waals surface area contributed by atoms with Crippen LogP contribution in [0.1, 0.15) is 81.3 Å². The third kappa shape index (κ3) is 8.28. The van der Waals surface area contributed by atoms with Crippen LogP contribution in [0.25, 0.3) is 0 Å². The van der Waals surface area contributed by atoms with E-state index in [1.807, 2.05) is 33.8 Å². The molecule has 0 heterocycles. The zero-order valence-electron chi connectivity index (χ0n) is 21.1. The molecule has 190 valence electrons. The largest absolute Gasteiger partial charge is 0.508 e. The van der Waals surface area contributed by atoms with Crippen LogP contribution in [0.15, 0.2) is 64.6 Å². The van der Waals surface area contributed by atoms with Crippen LogP contribution in [-0.4, -0.2) is 24.5 Å². The Morgan fingerprint density at radius 1 is 1.03 bits per heavy atom. The van der Waals surface area contributed by atoms with Gasteiger partial charge in [0, 0.05) is 5.56 Å². The van der Waals surface area contributed by atoms with Crippen LogP contribution in [0, 0.1) is 0 Å². The van der Waals surface area contributed by atoms with Gasteiger partial charge in [-0.05, 0) is 76.6 Å². The smallest absolute Gasteiger partial charge is 0.269 e. The van der Waals surface area contributed by atoms with Crippen molar-refractivity contribution in [3.8, 4) is 11.5 Å². The Labute approximate surface area is 209 Å². The molecule has 0 aromatic heterocycles. The molecular weight excluding hydrogens is 462 g/mol. The summed E-state index contributed by atoms with van der Waals surface area (Å²) in [5.41, 5.74) is 2.85. The number of phenols is 2. The first-order chi connectivity index (χ1) is 16.6. The molecule has 7 heteroatoms. The first kappa shape index (κ1) is 28.2. The number of phenolic OH excluding ortho intramolecular Hbond substituents is 2. The number of amides is 1. The van der Waals surface area contributed by atoms with Crippen LogP contribution in [0.2, 0.25) is 0 Å². The van der Waals surface area contributed by atoms with Crippen molar-refractivity contribution >= 4 is 15.9 Å². The first-order valence-corrected chi connectivity index (χ1v) is 13.5. The second-order valence-corrected chi connectivity index (χ2v) is 10.7. The Hall–Kier alpha value is -3.06. The molecule has 2 aromatic rings. The molecule has 0 saturated heterocycles. The number of benzene rings is 2. The Bertz CT molecular complexity index is 1180. The number of hydrogen-bond acceptors (Lipinski definition) is 5. The molecule has 0 bridgehead atoms. The second kappa shape index (κ2) is 13.1. The lowest BCUT2D eigenvalue weighted by atomic mass is 9.94. The molecule has 0 aliphatic carbocycles. The summed E-state index contributed by atoms with van der Waals surface area (Å²) >= 11 is 0. The zero-order valence-corrected chi connectivity index (χ0v) is 21.9. The van der Waals surface area contributed by atoms with E-state index in [1.54, 1.807) is 18.2 Å². The van der Waals surface area contributed by atoms with Gasteiger partial charge in [-0.3, -0.25) is 4.79 Å². The summed E-state index contributed by atoms with van der Waals surface area (Å²) in [5, 5.41) is 21.7. The van der Waals surface area contributed by atoms with E-state index in [1.165, 1.54) is 23.8 Å². The number of aromatic hydroxyl groups is 2. The number of carbonyl (C=O) groups excluding carboxylic acids is 1. The van der Waals surface area contributed by atoms with E-state index in [2.05, 4.69) is 10.8 Å². The van der Waals surface area contributed by atoms with Gasteiger partial charge in [0.2, 0.25) is 0 Å². The van der Waals surface area contributed by atoms with E-state index >= 15 is 0 Å². The molecule has 2 rings (SSSR count). The molecule has 6 nitrogen and oxygen atoms in total.